The van der Waals surface area contributed by atoms with Gasteiger partial charge in [-0.1, -0.05) is 18.2 Å². The fraction of sp³-hybridized carbons (Fsp3) is 0.400. The first kappa shape index (κ1) is 11.5. The number of nitrogens with zero attached hydrogens (tertiary/aromatic N) is 1. The Bertz CT molecular complexity index is 552. The van der Waals surface area contributed by atoms with Crippen molar-refractivity contribution in [1.29, 1.82) is 0 Å². The van der Waals surface area contributed by atoms with Crippen LogP contribution in [-0.4, -0.2) is 23.7 Å². The Labute approximate surface area is 106 Å². The summed E-state index contributed by atoms with van der Waals surface area (Å²) in [6, 6.07) is 10.00. The molecule has 0 saturated carbocycles. The van der Waals surface area contributed by atoms with E-state index in [0.717, 1.165) is 37.0 Å². The van der Waals surface area contributed by atoms with Crippen molar-refractivity contribution >= 4 is 16.8 Å². The highest BCUT2D eigenvalue weighted by Crippen LogP contribution is 2.21. The van der Waals surface area contributed by atoms with E-state index in [0.29, 0.717) is 12.3 Å². The molecule has 1 saturated heterocycles. The molecule has 3 rings (SSSR count). The minimum Gasteiger partial charge on any atom is -0.381 e. The molecule has 2 heterocycles. The number of ether oxygens (including phenoxy) is 1. The minimum atomic E-state index is 0.197. The molecule has 18 heavy (non-hydrogen) atoms. The second kappa shape index (κ2) is 4.94. The number of benzene rings is 1. The van der Waals surface area contributed by atoms with Crippen molar-refractivity contribution in [2.75, 3.05) is 13.2 Å². The van der Waals surface area contributed by atoms with Gasteiger partial charge in [0.2, 0.25) is 5.91 Å². The molecule has 3 heteroatoms. The lowest BCUT2D eigenvalue weighted by atomic mass is 9.96. The van der Waals surface area contributed by atoms with Crippen molar-refractivity contribution < 1.29 is 9.53 Å². The number of para-hydroxylation sites is 1. The molecule has 0 spiro atoms. The SMILES string of the molecule is O=C(CC1CCOCC1)n1ccc2ccccc21. The van der Waals surface area contributed by atoms with Crippen molar-refractivity contribution in [3.8, 4) is 0 Å². The van der Waals surface area contributed by atoms with Crippen LogP contribution in [0.3, 0.4) is 0 Å². The molecule has 0 aliphatic carbocycles. The molecule has 1 aromatic carbocycles. The summed E-state index contributed by atoms with van der Waals surface area (Å²) in [6.45, 7) is 1.59. The molecule has 1 aliphatic heterocycles. The average molecular weight is 243 g/mol. The van der Waals surface area contributed by atoms with Crippen LogP contribution in [0.5, 0.6) is 0 Å². The highest BCUT2D eigenvalue weighted by atomic mass is 16.5. The van der Waals surface area contributed by atoms with Gasteiger partial charge in [0.05, 0.1) is 5.52 Å². The van der Waals surface area contributed by atoms with Crippen LogP contribution in [0.1, 0.15) is 24.1 Å². The Balaban J connectivity index is 1.79. The van der Waals surface area contributed by atoms with Crippen LogP contribution in [-0.2, 0) is 4.74 Å². The predicted octanol–water partition coefficient (Wildman–Crippen LogP) is 3.10. The van der Waals surface area contributed by atoms with Crippen LogP contribution < -0.4 is 0 Å². The molecular weight excluding hydrogens is 226 g/mol. The summed E-state index contributed by atoms with van der Waals surface area (Å²) in [5.74, 6) is 0.676. The lowest BCUT2D eigenvalue weighted by Crippen LogP contribution is -2.21. The zero-order valence-electron chi connectivity index (χ0n) is 10.3. The molecule has 3 nitrogen and oxygen atoms in total. The van der Waals surface area contributed by atoms with E-state index >= 15 is 0 Å². The van der Waals surface area contributed by atoms with E-state index in [4.69, 9.17) is 4.74 Å². The third kappa shape index (κ3) is 2.18. The van der Waals surface area contributed by atoms with Crippen molar-refractivity contribution in [1.82, 2.24) is 4.57 Å². The summed E-state index contributed by atoms with van der Waals surface area (Å²) >= 11 is 0. The number of fused-ring (bicyclic) bond motifs is 1. The summed E-state index contributed by atoms with van der Waals surface area (Å²) in [7, 11) is 0. The summed E-state index contributed by atoms with van der Waals surface area (Å²) < 4.78 is 7.11. The largest absolute Gasteiger partial charge is 0.381 e. The number of carbonyl (C=O) groups excluding carboxylic acids is 1. The van der Waals surface area contributed by atoms with Gasteiger partial charge in [0.15, 0.2) is 0 Å². The van der Waals surface area contributed by atoms with Crippen LogP contribution in [0.2, 0.25) is 0 Å². The predicted molar refractivity (Wildman–Crippen MR) is 70.7 cm³/mol. The second-order valence-electron chi connectivity index (χ2n) is 4.90. The van der Waals surface area contributed by atoms with Gasteiger partial charge >= 0.3 is 0 Å². The molecular formula is C15H17NO2. The van der Waals surface area contributed by atoms with Crippen LogP contribution >= 0.6 is 0 Å². The maximum atomic E-state index is 12.3. The van der Waals surface area contributed by atoms with E-state index in [1.165, 1.54) is 0 Å². The maximum Gasteiger partial charge on any atom is 0.231 e. The van der Waals surface area contributed by atoms with E-state index in [1.54, 1.807) is 4.57 Å². The number of hydrogen-bond donors (Lipinski definition) is 0. The van der Waals surface area contributed by atoms with Crippen molar-refractivity contribution in [2.45, 2.75) is 19.3 Å². The van der Waals surface area contributed by atoms with Crippen molar-refractivity contribution in [2.24, 2.45) is 5.92 Å². The topological polar surface area (TPSA) is 31.2 Å². The first-order valence-electron chi connectivity index (χ1n) is 6.51. The van der Waals surface area contributed by atoms with Gasteiger partial charge in [-0.2, -0.15) is 0 Å². The molecule has 0 amide bonds. The maximum absolute atomic E-state index is 12.3. The summed E-state index contributed by atoms with van der Waals surface area (Å²) in [6.07, 6.45) is 4.52. The first-order valence-corrected chi connectivity index (χ1v) is 6.51. The number of aromatic nitrogens is 1. The molecule has 1 aliphatic rings. The van der Waals surface area contributed by atoms with E-state index in [2.05, 4.69) is 0 Å². The fourth-order valence-electron chi connectivity index (χ4n) is 2.60. The molecule has 1 fully saturated rings. The van der Waals surface area contributed by atoms with Crippen molar-refractivity contribution in [3.63, 3.8) is 0 Å². The Morgan fingerprint density at radius 2 is 2.00 bits per heavy atom. The third-order valence-electron chi connectivity index (χ3n) is 3.67. The van der Waals surface area contributed by atoms with Crippen LogP contribution in [0.15, 0.2) is 36.5 Å². The Kier molecular flexibility index (Phi) is 3.15. The smallest absolute Gasteiger partial charge is 0.231 e. The van der Waals surface area contributed by atoms with E-state index < -0.39 is 0 Å². The zero-order chi connectivity index (χ0) is 12.4. The van der Waals surface area contributed by atoms with Gasteiger partial charge < -0.3 is 4.74 Å². The number of hydrogen-bond acceptors (Lipinski definition) is 2. The zero-order valence-corrected chi connectivity index (χ0v) is 10.3. The third-order valence-corrected chi connectivity index (χ3v) is 3.67. The minimum absolute atomic E-state index is 0.197. The van der Waals surface area contributed by atoms with Crippen LogP contribution in [0.25, 0.3) is 10.9 Å². The van der Waals surface area contributed by atoms with Crippen LogP contribution in [0, 0.1) is 5.92 Å². The molecule has 94 valence electrons. The molecule has 0 bridgehead atoms. The standard InChI is InChI=1S/C15H17NO2/c17-15(11-12-6-9-18-10-7-12)16-8-5-13-3-1-2-4-14(13)16/h1-5,8,12H,6-7,9-11H2. The molecule has 0 atom stereocenters. The fourth-order valence-corrected chi connectivity index (χ4v) is 2.60. The van der Waals surface area contributed by atoms with Gasteiger partial charge in [0, 0.05) is 31.2 Å². The monoisotopic (exact) mass is 243 g/mol. The van der Waals surface area contributed by atoms with E-state index in [-0.39, 0.29) is 5.91 Å². The molecule has 2 aromatic rings. The number of rotatable bonds is 2. The van der Waals surface area contributed by atoms with Gasteiger partial charge in [-0.15, -0.1) is 0 Å². The lowest BCUT2D eigenvalue weighted by molar-refractivity contribution is 0.0575. The first-order chi connectivity index (χ1) is 8.84. The van der Waals surface area contributed by atoms with Gasteiger partial charge in [0.1, 0.15) is 0 Å². The van der Waals surface area contributed by atoms with Gasteiger partial charge in [-0.3, -0.25) is 9.36 Å². The highest BCUT2D eigenvalue weighted by Gasteiger charge is 2.18. The summed E-state index contributed by atoms with van der Waals surface area (Å²) in [4.78, 5) is 12.3. The summed E-state index contributed by atoms with van der Waals surface area (Å²) in [5, 5.41) is 1.12. The van der Waals surface area contributed by atoms with Gasteiger partial charge in [0.25, 0.3) is 0 Å². The van der Waals surface area contributed by atoms with E-state index in [1.807, 2.05) is 36.5 Å². The molecule has 0 unspecified atom stereocenters. The molecule has 1 aromatic heterocycles. The molecule has 0 radical (unpaired) electrons. The second-order valence-corrected chi connectivity index (χ2v) is 4.90. The summed E-state index contributed by atoms with van der Waals surface area (Å²) in [5.41, 5.74) is 1.01. The Morgan fingerprint density at radius 1 is 1.22 bits per heavy atom. The lowest BCUT2D eigenvalue weighted by Gasteiger charge is -2.21. The highest BCUT2D eigenvalue weighted by molar-refractivity contribution is 5.92. The van der Waals surface area contributed by atoms with Gasteiger partial charge in [-0.05, 0) is 30.9 Å². The van der Waals surface area contributed by atoms with Crippen molar-refractivity contribution in [3.05, 3.63) is 36.5 Å². The Hall–Kier alpha value is -1.61. The Morgan fingerprint density at radius 3 is 2.83 bits per heavy atom. The quantitative estimate of drug-likeness (QED) is 0.811. The average Bonchev–Trinajstić information content (AvgIpc) is 2.84. The van der Waals surface area contributed by atoms with E-state index in [9.17, 15) is 4.79 Å². The molecule has 0 N–H and O–H groups in total. The van der Waals surface area contributed by atoms with Crippen LogP contribution in [0.4, 0.5) is 0 Å². The van der Waals surface area contributed by atoms with Gasteiger partial charge in [-0.25, -0.2) is 0 Å². The normalized spacial score (nSPS) is 17.1. The number of carbonyl (C=O) groups is 1.